The van der Waals surface area contributed by atoms with Crippen molar-refractivity contribution in [1.82, 2.24) is 9.78 Å². The first-order valence-corrected chi connectivity index (χ1v) is 3.76. The molecule has 0 saturated heterocycles. The van der Waals surface area contributed by atoms with Crippen LogP contribution >= 0.6 is 0 Å². The van der Waals surface area contributed by atoms with Crippen molar-refractivity contribution in [3.8, 4) is 0 Å². The first-order chi connectivity index (χ1) is 6.32. The molecule has 1 aromatic heterocycles. The highest BCUT2D eigenvalue weighted by Crippen LogP contribution is 2.24. The fraction of sp³-hybridized carbons (Fsp3) is 0.429. The van der Waals surface area contributed by atoms with Gasteiger partial charge in [0.15, 0.2) is 0 Å². The largest absolute Gasteiger partial charge is 0.504 e. The van der Waals surface area contributed by atoms with E-state index in [2.05, 4.69) is 5.10 Å². The zero-order chi connectivity index (χ0) is 10.9. The zero-order valence-electron chi connectivity index (χ0n) is 7.39. The molecule has 1 aromatic rings. The molecule has 0 radical (unpaired) electrons. The van der Waals surface area contributed by atoms with Crippen LogP contribution in [0.25, 0.3) is 0 Å². The fourth-order valence-electron chi connectivity index (χ4n) is 1.08. The van der Waals surface area contributed by atoms with Crippen molar-refractivity contribution in [2.45, 2.75) is 19.6 Å². The predicted octanol–water partition coefficient (Wildman–Crippen LogP) is 1.15. The maximum absolute atomic E-state index is 12.2. The van der Waals surface area contributed by atoms with Gasteiger partial charge in [-0.25, -0.2) is 0 Å². The van der Waals surface area contributed by atoms with Crippen molar-refractivity contribution in [1.29, 1.82) is 5.41 Å². The molecule has 0 saturated carbocycles. The van der Waals surface area contributed by atoms with Crippen LogP contribution in [0.1, 0.15) is 11.3 Å². The smallest absolute Gasteiger partial charge is 0.387 e. The third kappa shape index (κ3) is 2.04. The minimum absolute atomic E-state index is 0.0120. The Morgan fingerprint density at radius 3 is 2.57 bits per heavy atom. The molecule has 0 aliphatic carbocycles. The molecule has 0 amide bonds. The molecule has 3 N–H and O–H groups in total. The summed E-state index contributed by atoms with van der Waals surface area (Å²) in [5.74, 6) is -0.185. The third-order valence-electron chi connectivity index (χ3n) is 1.73. The summed E-state index contributed by atoms with van der Waals surface area (Å²) in [5, 5.41) is 10.1. The molecular formula is C7H9F3N4. The van der Waals surface area contributed by atoms with E-state index in [1.54, 1.807) is 0 Å². The Labute approximate surface area is 78.0 Å². The molecule has 0 aromatic carbocycles. The van der Waals surface area contributed by atoms with Gasteiger partial charge in [0.1, 0.15) is 0 Å². The number of hydrogen-bond donors (Lipinski definition) is 2. The summed E-state index contributed by atoms with van der Waals surface area (Å²) in [6.45, 7) is 1.29. The van der Waals surface area contributed by atoms with Crippen LogP contribution in [0, 0.1) is 12.3 Å². The van der Waals surface area contributed by atoms with Gasteiger partial charge in [-0.05, 0) is 6.92 Å². The van der Waals surface area contributed by atoms with Gasteiger partial charge in [0.05, 0.1) is 12.0 Å². The minimum atomic E-state index is -4.51. The number of nitrogens with one attached hydrogen (secondary N) is 1. The van der Waals surface area contributed by atoms with Crippen molar-refractivity contribution >= 4 is 5.84 Å². The lowest BCUT2D eigenvalue weighted by Gasteiger charge is -2.08. The number of amidine groups is 1. The van der Waals surface area contributed by atoms with E-state index in [9.17, 15) is 13.2 Å². The Kier molecular flexibility index (Phi) is 2.50. The van der Waals surface area contributed by atoms with Crippen LogP contribution < -0.4 is 5.73 Å². The van der Waals surface area contributed by atoms with E-state index in [1.807, 2.05) is 0 Å². The second-order valence-corrected chi connectivity index (χ2v) is 2.84. The normalized spacial score (nSPS) is 11.7. The maximum atomic E-state index is 12.2. The van der Waals surface area contributed by atoms with Gasteiger partial charge >= 0.3 is 6.30 Å². The molecular weight excluding hydrogens is 197 g/mol. The molecule has 1 heterocycles. The Morgan fingerprint density at radius 1 is 1.64 bits per heavy atom. The van der Waals surface area contributed by atoms with Gasteiger partial charge in [-0.3, -0.25) is 5.41 Å². The topological polar surface area (TPSA) is 67.7 Å². The van der Waals surface area contributed by atoms with Gasteiger partial charge in [-0.15, -0.1) is 13.2 Å². The molecule has 0 unspecified atom stereocenters. The summed E-state index contributed by atoms with van der Waals surface area (Å²) in [6, 6.07) is 0. The highest BCUT2D eigenvalue weighted by molar-refractivity contribution is 5.79. The number of nitrogens with two attached hydrogens (primary N) is 1. The van der Waals surface area contributed by atoms with Gasteiger partial charge in [0.2, 0.25) is 0 Å². The van der Waals surface area contributed by atoms with Crippen molar-refractivity contribution in [3.63, 3.8) is 0 Å². The molecule has 0 atom stereocenters. The highest BCUT2D eigenvalue weighted by Gasteiger charge is 2.33. The summed E-state index contributed by atoms with van der Waals surface area (Å²) in [7, 11) is 0. The summed E-state index contributed by atoms with van der Waals surface area (Å²) in [5.41, 5.74) is 5.36. The van der Waals surface area contributed by atoms with E-state index < -0.39 is 6.30 Å². The summed E-state index contributed by atoms with van der Waals surface area (Å²) in [6.07, 6.45) is -3.45. The van der Waals surface area contributed by atoms with Crippen LogP contribution in [0.2, 0.25) is 0 Å². The molecule has 0 bridgehead atoms. The van der Waals surface area contributed by atoms with E-state index in [-0.39, 0.29) is 22.6 Å². The predicted molar refractivity (Wildman–Crippen MR) is 43.9 cm³/mol. The summed E-state index contributed by atoms with van der Waals surface area (Å²) in [4.78, 5) is 0. The van der Waals surface area contributed by atoms with Crippen LogP contribution in [0.3, 0.4) is 0 Å². The Hall–Kier alpha value is -1.53. The van der Waals surface area contributed by atoms with Crippen LogP contribution in [0.4, 0.5) is 13.2 Å². The number of hydrogen-bond acceptors (Lipinski definition) is 2. The summed E-state index contributed by atoms with van der Waals surface area (Å²) >= 11 is 0. The lowest BCUT2D eigenvalue weighted by Crippen LogP contribution is -2.20. The number of nitrogens with zero attached hydrogens (tertiary/aromatic N) is 2. The van der Waals surface area contributed by atoms with Gasteiger partial charge in [0, 0.05) is 17.7 Å². The van der Waals surface area contributed by atoms with Crippen LogP contribution in [-0.4, -0.2) is 15.6 Å². The molecule has 4 nitrogen and oxygen atoms in total. The average Bonchev–Trinajstić information content (AvgIpc) is 2.30. The van der Waals surface area contributed by atoms with Crippen molar-refractivity contribution in [3.05, 3.63) is 17.5 Å². The SMILES string of the molecule is Cc1c(CC(=N)N)cnn1C(F)(F)F. The molecule has 0 fully saturated rings. The van der Waals surface area contributed by atoms with E-state index in [1.165, 1.54) is 6.92 Å². The molecule has 0 aliphatic heterocycles. The van der Waals surface area contributed by atoms with Crippen LogP contribution in [-0.2, 0) is 12.7 Å². The van der Waals surface area contributed by atoms with Gasteiger partial charge in [-0.1, -0.05) is 0 Å². The molecule has 0 spiro atoms. The maximum Gasteiger partial charge on any atom is 0.504 e. The highest BCUT2D eigenvalue weighted by atomic mass is 19.4. The molecule has 1 rings (SSSR count). The molecule has 78 valence electrons. The lowest BCUT2D eigenvalue weighted by atomic mass is 10.2. The van der Waals surface area contributed by atoms with E-state index >= 15 is 0 Å². The van der Waals surface area contributed by atoms with E-state index in [0.717, 1.165) is 6.20 Å². The Bertz CT molecular complexity index is 352. The Morgan fingerprint density at radius 2 is 2.21 bits per heavy atom. The summed E-state index contributed by atoms with van der Waals surface area (Å²) < 4.78 is 36.6. The standard InChI is InChI=1S/C7H9F3N4/c1-4-5(2-6(11)12)3-13-14(4)7(8,9)10/h3H,2H2,1H3,(H3,11,12). The lowest BCUT2D eigenvalue weighted by molar-refractivity contribution is -0.213. The van der Waals surface area contributed by atoms with Crippen molar-refractivity contribution in [2.24, 2.45) is 5.73 Å². The van der Waals surface area contributed by atoms with Gasteiger partial charge < -0.3 is 5.73 Å². The number of alkyl halides is 3. The van der Waals surface area contributed by atoms with Crippen molar-refractivity contribution < 1.29 is 13.2 Å². The van der Waals surface area contributed by atoms with Crippen molar-refractivity contribution in [2.75, 3.05) is 0 Å². The second-order valence-electron chi connectivity index (χ2n) is 2.84. The fourth-order valence-corrected chi connectivity index (χ4v) is 1.08. The average molecular weight is 206 g/mol. The Balaban J connectivity index is 3.03. The van der Waals surface area contributed by atoms with Crippen LogP contribution in [0.5, 0.6) is 0 Å². The first kappa shape index (κ1) is 10.6. The minimum Gasteiger partial charge on any atom is -0.387 e. The van der Waals surface area contributed by atoms with Gasteiger partial charge in [0.25, 0.3) is 0 Å². The molecule has 0 aliphatic rings. The van der Waals surface area contributed by atoms with Crippen LogP contribution in [0.15, 0.2) is 6.20 Å². The monoisotopic (exact) mass is 206 g/mol. The van der Waals surface area contributed by atoms with E-state index in [0.29, 0.717) is 5.56 Å². The first-order valence-electron chi connectivity index (χ1n) is 3.76. The quantitative estimate of drug-likeness (QED) is 0.563. The number of halogens is 3. The molecule has 7 heteroatoms. The third-order valence-corrected chi connectivity index (χ3v) is 1.73. The second kappa shape index (κ2) is 3.32. The zero-order valence-corrected chi connectivity index (χ0v) is 7.39. The number of rotatable bonds is 2. The molecule has 14 heavy (non-hydrogen) atoms. The van der Waals surface area contributed by atoms with E-state index in [4.69, 9.17) is 11.1 Å². The number of aromatic nitrogens is 2. The van der Waals surface area contributed by atoms with Gasteiger partial charge in [-0.2, -0.15) is 9.78 Å².